The first-order valence-electron chi connectivity index (χ1n) is 10.2. The van der Waals surface area contributed by atoms with Crippen molar-refractivity contribution in [3.63, 3.8) is 0 Å². The molecule has 1 heterocycles. The zero-order valence-corrected chi connectivity index (χ0v) is 17.1. The summed E-state index contributed by atoms with van der Waals surface area (Å²) >= 11 is 0. The normalized spacial score (nSPS) is 16.5. The van der Waals surface area contributed by atoms with E-state index >= 15 is 0 Å². The molecule has 0 aromatic heterocycles. The molecular formula is C23H26F3NO3. The number of para-hydroxylation sites is 1. The molecule has 7 heteroatoms. The molecule has 1 atom stereocenters. The van der Waals surface area contributed by atoms with Crippen LogP contribution in [-0.2, 0) is 6.18 Å². The van der Waals surface area contributed by atoms with E-state index in [4.69, 9.17) is 9.47 Å². The molecule has 3 rings (SSSR count). The molecule has 0 radical (unpaired) electrons. The van der Waals surface area contributed by atoms with Crippen molar-refractivity contribution in [3.05, 3.63) is 58.7 Å². The Balaban J connectivity index is 2.10. The maximum Gasteiger partial charge on any atom is 0.417 e. The maximum atomic E-state index is 14.1. The topological polar surface area (TPSA) is 47.6 Å². The van der Waals surface area contributed by atoms with Gasteiger partial charge in [0.1, 0.15) is 17.1 Å². The van der Waals surface area contributed by atoms with Gasteiger partial charge in [-0.25, -0.2) is 4.79 Å². The van der Waals surface area contributed by atoms with Gasteiger partial charge in [0.25, 0.3) is 0 Å². The van der Waals surface area contributed by atoms with Crippen LogP contribution >= 0.6 is 0 Å². The van der Waals surface area contributed by atoms with Gasteiger partial charge in [-0.05, 0) is 62.1 Å². The van der Waals surface area contributed by atoms with Gasteiger partial charge in [-0.2, -0.15) is 13.2 Å². The lowest BCUT2D eigenvalue weighted by Crippen LogP contribution is -2.23. The summed E-state index contributed by atoms with van der Waals surface area (Å²) in [5.74, 6) is -0.461. The van der Waals surface area contributed by atoms with Gasteiger partial charge < -0.3 is 14.8 Å². The first kappa shape index (κ1) is 22.2. The van der Waals surface area contributed by atoms with E-state index in [2.05, 4.69) is 5.32 Å². The summed E-state index contributed by atoms with van der Waals surface area (Å²) in [5, 5.41) is 3.12. The largest absolute Gasteiger partial charge is 0.493 e. The molecule has 162 valence electrons. The lowest BCUT2D eigenvalue weighted by molar-refractivity contribution is -0.138. The molecule has 1 fully saturated rings. The van der Waals surface area contributed by atoms with E-state index in [0.717, 1.165) is 19.3 Å². The van der Waals surface area contributed by atoms with E-state index in [1.54, 1.807) is 30.3 Å². The molecule has 2 aromatic rings. The third-order valence-corrected chi connectivity index (χ3v) is 5.20. The third kappa shape index (κ3) is 4.95. The second-order valence-corrected chi connectivity index (χ2v) is 7.39. The number of rotatable bonds is 7. The van der Waals surface area contributed by atoms with E-state index in [1.807, 2.05) is 6.92 Å². The Morgan fingerprint density at radius 2 is 1.97 bits per heavy atom. The fourth-order valence-corrected chi connectivity index (χ4v) is 3.75. The van der Waals surface area contributed by atoms with Crippen molar-refractivity contribution in [3.8, 4) is 11.5 Å². The molecule has 1 unspecified atom stereocenters. The Labute approximate surface area is 174 Å². The van der Waals surface area contributed by atoms with Crippen LogP contribution in [0.15, 0.2) is 36.4 Å². The van der Waals surface area contributed by atoms with Crippen molar-refractivity contribution in [2.24, 2.45) is 0 Å². The number of ether oxygens (including phenoxy) is 2. The van der Waals surface area contributed by atoms with Crippen LogP contribution in [-0.4, -0.2) is 19.1 Å². The second kappa shape index (κ2) is 9.51. The summed E-state index contributed by atoms with van der Waals surface area (Å²) in [6.07, 6.45) is -1.62. The summed E-state index contributed by atoms with van der Waals surface area (Å²) in [6, 6.07) is 9.23. The average Bonchev–Trinajstić information content (AvgIpc) is 3.22. The van der Waals surface area contributed by atoms with Crippen LogP contribution in [0, 0.1) is 6.92 Å². The summed E-state index contributed by atoms with van der Waals surface area (Å²) < 4.78 is 53.3. The minimum Gasteiger partial charge on any atom is -0.493 e. The SMILES string of the molecule is CCCCOc1cc(C2CCCN2)c(C(F)(F)F)c(C)c1C(=O)Oc1ccccc1. The summed E-state index contributed by atoms with van der Waals surface area (Å²) in [4.78, 5) is 12.9. The molecule has 0 bridgehead atoms. The minimum absolute atomic E-state index is 0.125. The molecule has 0 amide bonds. The number of carbonyl (C=O) groups is 1. The van der Waals surface area contributed by atoms with Crippen molar-refractivity contribution in [1.29, 1.82) is 0 Å². The van der Waals surface area contributed by atoms with Crippen molar-refractivity contribution < 1.29 is 27.4 Å². The van der Waals surface area contributed by atoms with Crippen LogP contribution < -0.4 is 14.8 Å². The van der Waals surface area contributed by atoms with Gasteiger partial charge in [-0.15, -0.1) is 0 Å². The van der Waals surface area contributed by atoms with Crippen LogP contribution in [0.4, 0.5) is 13.2 Å². The van der Waals surface area contributed by atoms with Crippen molar-refractivity contribution in [2.75, 3.05) is 13.2 Å². The molecule has 1 aliphatic heterocycles. The van der Waals surface area contributed by atoms with Crippen LogP contribution in [0.5, 0.6) is 11.5 Å². The van der Waals surface area contributed by atoms with Crippen LogP contribution in [0.25, 0.3) is 0 Å². The highest BCUT2D eigenvalue weighted by Gasteiger charge is 2.40. The van der Waals surface area contributed by atoms with Crippen molar-refractivity contribution in [1.82, 2.24) is 5.32 Å². The molecule has 2 aromatic carbocycles. The summed E-state index contributed by atoms with van der Waals surface area (Å²) in [6.45, 7) is 4.27. The number of unbranched alkanes of at least 4 members (excludes halogenated alkanes) is 1. The number of carbonyl (C=O) groups excluding carboxylic acids is 1. The molecule has 4 nitrogen and oxygen atoms in total. The zero-order chi connectivity index (χ0) is 21.7. The number of benzene rings is 2. The second-order valence-electron chi connectivity index (χ2n) is 7.39. The maximum absolute atomic E-state index is 14.1. The van der Waals surface area contributed by atoms with E-state index in [1.165, 1.54) is 13.0 Å². The highest BCUT2D eigenvalue weighted by atomic mass is 19.4. The van der Waals surface area contributed by atoms with Crippen molar-refractivity contribution >= 4 is 5.97 Å². The van der Waals surface area contributed by atoms with Gasteiger partial charge in [0.2, 0.25) is 0 Å². The molecule has 0 aliphatic carbocycles. The lowest BCUT2D eigenvalue weighted by Gasteiger charge is -2.24. The zero-order valence-electron chi connectivity index (χ0n) is 17.1. The fourth-order valence-electron chi connectivity index (χ4n) is 3.75. The Bertz CT molecular complexity index is 875. The standard InChI is InChI=1S/C23H26F3NO3/c1-3-4-13-29-19-14-17(18-11-8-12-27-18)21(23(24,25)26)15(2)20(19)22(28)30-16-9-6-5-7-10-16/h5-7,9-10,14,18,27H,3-4,8,11-13H2,1-2H3. The minimum atomic E-state index is -4.60. The van der Waals surface area contributed by atoms with Gasteiger partial charge >= 0.3 is 12.1 Å². The Kier molecular flexibility index (Phi) is 7.02. The molecule has 1 N–H and O–H groups in total. The van der Waals surface area contributed by atoms with Gasteiger partial charge in [0, 0.05) is 6.04 Å². The van der Waals surface area contributed by atoms with E-state index in [-0.39, 0.29) is 28.2 Å². The third-order valence-electron chi connectivity index (χ3n) is 5.20. The number of hydrogen-bond donors (Lipinski definition) is 1. The van der Waals surface area contributed by atoms with Crippen LogP contribution in [0.1, 0.15) is 65.7 Å². The number of halogens is 3. The molecule has 1 aliphatic rings. The van der Waals surface area contributed by atoms with Crippen LogP contribution in [0.3, 0.4) is 0 Å². The smallest absolute Gasteiger partial charge is 0.417 e. The lowest BCUT2D eigenvalue weighted by atomic mass is 9.90. The highest BCUT2D eigenvalue weighted by Crippen LogP contribution is 2.43. The monoisotopic (exact) mass is 421 g/mol. The summed E-state index contributed by atoms with van der Waals surface area (Å²) in [7, 11) is 0. The van der Waals surface area contributed by atoms with E-state index < -0.39 is 23.8 Å². The van der Waals surface area contributed by atoms with Crippen LogP contribution in [0.2, 0.25) is 0 Å². The van der Waals surface area contributed by atoms with Gasteiger partial charge in [-0.1, -0.05) is 31.5 Å². The first-order valence-corrected chi connectivity index (χ1v) is 10.2. The number of esters is 1. The Hall–Kier alpha value is -2.54. The predicted molar refractivity (Wildman–Crippen MR) is 108 cm³/mol. The predicted octanol–water partition coefficient (Wildman–Crippen LogP) is 5.84. The van der Waals surface area contributed by atoms with E-state index in [0.29, 0.717) is 19.6 Å². The van der Waals surface area contributed by atoms with Gasteiger partial charge in [0.15, 0.2) is 0 Å². The molecule has 30 heavy (non-hydrogen) atoms. The number of alkyl halides is 3. The quantitative estimate of drug-likeness (QED) is 0.347. The average molecular weight is 421 g/mol. The Morgan fingerprint density at radius 1 is 1.23 bits per heavy atom. The molecule has 0 spiro atoms. The fraction of sp³-hybridized carbons (Fsp3) is 0.435. The highest BCUT2D eigenvalue weighted by molar-refractivity contribution is 5.96. The number of hydrogen-bond acceptors (Lipinski definition) is 4. The Morgan fingerprint density at radius 3 is 2.57 bits per heavy atom. The van der Waals surface area contributed by atoms with Crippen molar-refractivity contribution in [2.45, 2.75) is 51.7 Å². The van der Waals surface area contributed by atoms with Gasteiger partial charge in [-0.3, -0.25) is 0 Å². The van der Waals surface area contributed by atoms with Gasteiger partial charge in [0.05, 0.1) is 12.2 Å². The first-order chi connectivity index (χ1) is 14.3. The molecular weight excluding hydrogens is 395 g/mol. The number of nitrogens with one attached hydrogen (secondary N) is 1. The van der Waals surface area contributed by atoms with E-state index in [9.17, 15) is 18.0 Å². The summed E-state index contributed by atoms with van der Waals surface area (Å²) in [5.41, 5.74) is -1.00. The molecule has 0 saturated carbocycles. The molecule has 1 saturated heterocycles.